The third kappa shape index (κ3) is 2.42. The summed E-state index contributed by atoms with van der Waals surface area (Å²) in [6, 6.07) is 9.31. The molecular weight excluding hydrogens is 294 g/mol. The summed E-state index contributed by atoms with van der Waals surface area (Å²) in [7, 11) is 0. The maximum absolute atomic E-state index is 9.11. The van der Waals surface area contributed by atoms with Gasteiger partial charge in [-0.1, -0.05) is 23.7 Å². The molecular formula is C13H12ClN5S. The van der Waals surface area contributed by atoms with E-state index in [1.807, 2.05) is 31.2 Å². The molecule has 2 unspecified atom stereocenters. The molecule has 0 spiro atoms. The molecule has 5 nitrogen and oxygen atoms in total. The summed E-state index contributed by atoms with van der Waals surface area (Å²) in [6.45, 7) is 2.01. The number of hydrogen-bond donors (Lipinski definition) is 3. The lowest BCUT2D eigenvalue weighted by atomic mass is 10.1. The lowest BCUT2D eigenvalue weighted by Gasteiger charge is -2.09. The average Bonchev–Trinajstić information content (AvgIpc) is 3.05. The summed E-state index contributed by atoms with van der Waals surface area (Å²) in [5, 5.41) is 10.7. The number of hydrazine groups is 2. The molecule has 0 radical (unpaired) electrons. The molecule has 1 fully saturated rings. The first kappa shape index (κ1) is 13.5. The largest absolute Gasteiger partial charge is 0.239 e. The minimum Gasteiger partial charge on any atom is -0.239 e. The maximum atomic E-state index is 9.11. The van der Waals surface area contributed by atoms with Crippen molar-refractivity contribution in [3.63, 3.8) is 0 Å². The second kappa shape index (κ2) is 5.48. The Labute approximate surface area is 125 Å². The van der Waals surface area contributed by atoms with Crippen LogP contribution in [0.15, 0.2) is 24.3 Å². The van der Waals surface area contributed by atoms with E-state index in [1.165, 1.54) is 0 Å². The van der Waals surface area contributed by atoms with Gasteiger partial charge >= 0.3 is 0 Å². The Hall–Kier alpha value is -1.49. The van der Waals surface area contributed by atoms with Crippen LogP contribution in [0.3, 0.4) is 0 Å². The molecule has 1 saturated heterocycles. The molecule has 7 heteroatoms. The lowest BCUT2D eigenvalue weighted by Crippen LogP contribution is -2.32. The molecule has 102 valence electrons. The Kier molecular flexibility index (Phi) is 3.70. The Morgan fingerprint density at radius 2 is 2.05 bits per heavy atom. The van der Waals surface area contributed by atoms with Gasteiger partial charge in [-0.15, -0.1) is 11.3 Å². The Bertz CT molecular complexity index is 660. The third-order valence-corrected chi connectivity index (χ3v) is 4.43. The zero-order chi connectivity index (χ0) is 14.1. The maximum Gasteiger partial charge on any atom is 0.131 e. The van der Waals surface area contributed by atoms with Crippen molar-refractivity contribution in [1.82, 2.24) is 21.4 Å². The van der Waals surface area contributed by atoms with Crippen molar-refractivity contribution in [2.24, 2.45) is 0 Å². The van der Waals surface area contributed by atoms with E-state index in [0.29, 0.717) is 5.02 Å². The van der Waals surface area contributed by atoms with E-state index in [2.05, 4.69) is 27.4 Å². The van der Waals surface area contributed by atoms with Crippen LogP contribution >= 0.6 is 22.9 Å². The zero-order valence-corrected chi connectivity index (χ0v) is 12.2. The number of aryl methyl sites for hydroxylation is 1. The van der Waals surface area contributed by atoms with Crippen LogP contribution in [0, 0.1) is 18.3 Å². The number of thiazole rings is 1. The van der Waals surface area contributed by atoms with E-state index in [1.54, 1.807) is 11.3 Å². The van der Waals surface area contributed by atoms with Gasteiger partial charge in [0.05, 0.1) is 17.8 Å². The predicted octanol–water partition coefficient (Wildman–Crippen LogP) is 2.32. The number of nitrogens with one attached hydrogen (secondary N) is 3. The van der Waals surface area contributed by atoms with Crippen molar-refractivity contribution in [3.8, 4) is 16.6 Å². The first-order chi connectivity index (χ1) is 9.69. The first-order valence-electron chi connectivity index (χ1n) is 6.08. The second-order valence-corrected chi connectivity index (χ2v) is 6.11. The number of nitrogens with zero attached hydrogens (tertiary/aromatic N) is 2. The molecule has 1 aromatic carbocycles. The van der Waals surface area contributed by atoms with Crippen molar-refractivity contribution in [3.05, 3.63) is 39.9 Å². The molecule has 1 aromatic heterocycles. The van der Waals surface area contributed by atoms with Gasteiger partial charge in [0.2, 0.25) is 0 Å². The van der Waals surface area contributed by atoms with E-state index in [0.717, 1.165) is 21.1 Å². The molecule has 1 aliphatic heterocycles. The second-order valence-electron chi connectivity index (χ2n) is 4.47. The van der Waals surface area contributed by atoms with Gasteiger partial charge in [-0.2, -0.15) is 10.8 Å². The predicted molar refractivity (Wildman–Crippen MR) is 78.8 cm³/mol. The van der Waals surface area contributed by atoms with Gasteiger partial charge in [-0.3, -0.25) is 0 Å². The highest BCUT2D eigenvalue weighted by molar-refractivity contribution is 7.15. The van der Waals surface area contributed by atoms with Crippen LogP contribution in [-0.4, -0.2) is 11.0 Å². The fourth-order valence-corrected chi connectivity index (χ4v) is 3.20. The fraction of sp³-hybridized carbons (Fsp3) is 0.231. The summed E-state index contributed by atoms with van der Waals surface area (Å²) in [6.07, 6.45) is 0. The molecule has 20 heavy (non-hydrogen) atoms. The molecule has 0 bridgehead atoms. The molecule has 2 atom stereocenters. The van der Waals surface area contributed by atoms with Crippen molar-refractivity contribution >= 4 is 22.9 Å². The number of benzene rings is 1. The highest BCUT2D eigenvalue weighted by Gasteiger charge is 2.31. The van der Waals surface area contributed by atoms with Gasteiger partial charge in [0.25, 0.3) is 0 Å². The van der Waals surface area contributed by atoms with Crippen molar-refractivity contribution < 1.29 is 0 Å². The van der Waals surface area contributed by atoms with Crippen LogP contribution in [0.25, 0.3) is 10.6 Å². The number of aromatic nitrogens is 1. The minimum absolute atomic E-state index is 0.155. The molecule has 0 amide bonds. The molecule has 0 saturated carbocycles. The number of rotatable bonds is 2. The molecule has 3 rings (SSSR count). The summed E-state index contributed by atoms with van der Waals surface area (Å²) in [5.74, 6) is 0. The van der Waals surface area contributed by atoms with Crippen LogP contribution in [0.1, 0.15) is 16.6 Å². The molecule has 3 N–H and O–H groups in total. The Morgan fingerprint density at radius 3 is 2.75 bits per heavy atom. The highest BCUT2D eigenvalue weighted by Crippen LogP contribution is 2.32. The van der Waals surface area contributed by atoms with Crippen molar-refractivity contribution in [2.75, 3.05) is 0 Å². The quantitative estimate of drug-likeness (QED) is 0.794. The highest BCUT2D eigenvalue weighted by atomic mass is 35.5. The van der Waals surface area contributed by atoms with Crippen molar-refractivity contribution in [1.29, 1.82) is 5.26 Å². The standard InChI is InChI=1S/C13H12ClN5S/c1-7-11(12-10(6-15)17-19-18-12)16-13(20-7)8-2-4-9(14)5-3-8/h2-5,10,12,17-19H,1H3. The normalized spacial score (nSPS) is 21.9. The Balaban J connectivity index is 1.95. The van der Waals surface area contributed by atoms with Gasteiger partial charge in [0, 0.05) is 15.5 Å². The van der Waals surface area contributed by atoms with Crippen molar-refractivity contribution in [2.45, 2.75) is 19.0 Å². The van der Waals surface area contributed by atoms with E-state index in [4.69, 9.17) is 16.9 Å². The van der Waals surface area contributed by atoms with Gasteiger partial charge < -0.3 is 0 Å². The van der Waals surface area contributed by atoms with Crippen LogP contribution < -0.4 is 16.4 Å². The topological polar surface area (TPSA) is 72.8 Å². The van der Waals surface area contributed by atoms with Crippen LogP contribution in [0.5, 0.6) is 0 Å². The summed E-state index contributed by atoms with van der Waals surface area (Å²) in [5.41, 5.74) is 10.6. The lowest BCUT2D eigenvalue weighted by molar-refractivity contribution is 0.549. The zero-order valence-electron chi connectivity index (χ0n) is 10.6. The SMILES string of the molecule is Cc1sc(-c2ccc(Cl)cc2)nc1C1NNNC1C#N. The summed E-state index contributed by atoms with van der Waals surface area (Å²) >= 11 is 7.51. The third-order valence-electron chi connectivity index (χ3n) is 3.15. The van der Waals surface area contributed by atoms with Gasteiger partial charge in [0.1, 0.15) is 11.0 Å². The van der Waals surface area contributed by atoms with E-state index in [-0.39, 0.29) is 12.1 Å². The van der Waals surface area contributed by atoms with E-state index in [9.17, 15) is 0 Å². The number of nitriles is 1. The van der Waals surface area contributed by atoms with Gasteiger partial charge in [0.15, 0.2) is 0 Å². The average molecular weight is 306 g/mol. The number of halogens is 1. The van der Waals surface area contributed by atoms with Gasteiger partial charge in [-0.25, -0.2) is 15.8 Å². The molecule has 2 aromatic rings. The first-order valence-corrected chi connectivity index (χ1v) is 7.27. The number of hydrogen-bond acceptors (Lipinski definition) is 6. The van der Waals surface area contributed by atoms with E-state index < -0.39 is 0 Å². The molecule has 2 heterocycles. The summed E-state index contributed by atoms with van der Waals surface area (Å²) < 4.78 is 0. The van der Waals surface area contributed by atoms with Crippen LogP contribution in [0.2, 0.25) is 5.02 Å². The monoisotopic (exact) mass is 305 g/mol. The molecule has 1 aliphatic rings. The van der Waals surface area contributed by atoms with Gasteiger partial charge in [-0.05, 0) is 19.1 Å². The molecule has 0 aliphatic carbocycles. The fourth-order valence-electron chi connectivity index (χ4n) is 2.11. The van der Waals surface area contributed by atoms with E-state index >= 15 is 0 Å². The smallest absolute Gasteiger partial charge is 0.131 e. The Morgan fingerprint density at radius 1 is 1.30 bits per heavy atom. The minimum atomic E-state index is -0.339. The van der Waals surface area contributed by atoms with Crippen LogP contribution in [0.4, 0.5) is 0 Å². The van der Waals surface area contributed by atoms with Crippen LogP contribution in [-0.2, 0) is 0 Å². The summed E-state index contributed by atoms with van der Waals surface area (Å²) in [4.78, 5) is 5.77.